The first-order valence-electron chi connectivity index (χ1n) is 13.2. The third-order valence-corrected chi connectivity index (χ3v) is 10.1. The highest BCUT2D eigenvalue weighted by atomic mass is 16.5. The van der Waals surface area contributed by atoms with Crippen molar-refractivity contribution in [2.24, 2.45) is 40.4 Å². The molecule has 0 N–H and O–H groups in total. The number of allylic oxidation sites excluding steroid dienone is 3. The lowest BCUT2D eigenvalue weighted by Crippen LogP contribution is -2.46. The number of carbonyl (C=O) groups excluding carboxylic acids is 1. The normalized spacial score (nSPS) is 40.4. The van der Waals surface area contributed by atoms with E-state index in [0.29, 0.717) is 11.3 Å². The van der Waals surface area contributed by atoms with E-state index < -0.39 is 0 Å². The Hall–Kier alpha value is -1.05. The van der Waals surface area contributed by atoms with Crippen molar-refractivity contribution in [2.45, 2.75) is 112 Å². The van der Waals surface area contributed by atoms with Gasteiger partial charge >= 0.3 is 5.97 Å². The second-order valence-electron chi connectivity index (χ2n) is 12.4. The van der Waals surface area contributed by atoms with E-state index in [1.807, 2.05) is 0 Å². The molecule has 0 amide bonds. The Morgan fingerprint density at radius 1 is 1.03 bits per heavy atom. The van der Waals surface area contributed by atoms with E-state index in [-0.39, 0.29) is 17.5 Å². The molecule has 0 spiro atoms. The van der Waals surface area contributed by atoms with Crippen molar-refractivity contribution in [1.82, 2.24) is 0 Å². The van der Waals surface area contributed by atoms with Crippen molar-refractivity contribution in [3.05, 3.63) is 23.3 Å². The second kappa shape index (κ2) is 8.71. The molecule has 4 aliphatic carbocycles. The van der Waals surface area contributed by atoms with Crippen LogP contribution in [0.3, 0.4) is 0 Å². The molecule has 2 heteroatoms. The molecule has 0 radical (unpaired) electrons. The molecule has 0 aliphatic heterocycles. The highest BCUT2D eigenvalue weighted by Crippen LogP contribution is 2.66. The van der Waals surface area contributed by atoms with E-state index in [1.165, 1.54) is 44.9 Å². The van der Waals surface area contributed by atoms with Crippen LogP contribution in [0.15, 0.2) is 23.3 Å². The Morgan fingerprint density at radius 2 is 1.81 bits per heavy atom. The molecular weight excluding hydrogens is 380 g/mol. The van der Waals surface area contributed by atoms with Gasteiger partial charge in [0.1, 0.15) is 6.10 Å². The molecule has 4 rings (SSSR count). The third-order valence-electron chi connectivity index (χ3n) is 10.1. The van der Waals surface area contributed by atoms with E-state index in [4.69, 9.17) is 4.74 Å². The van der Waals surface area contributed by atoms with Gasteiger partial charge in [0.05, 0.1) is 0 Å². The van der Waals surface area contributed by atoms with Gasteiger partial charge in [0.25, 0.3) is 0 Å². The molecule has 3 fully saturated rings. The van der Waals surface area contributed by atoms with E-state index in [1.54, 1.807) is 18.1 Å². The first kappa shape index (κ1) is 23.1. The second-order valence-corrected chi connectivity index (χ2v) is 12.4. The van der Waals surface area contributed by atoms with Gasteiger partial charge < -0.3 is 4.74 Å². The maximum absolute atomic E-state index is 11.5. The summed E-state index contributed by atoms with van der Waals surface area (Å²) in [7, 11) is 0. The summed E-state index contributed by atoms with van der Waals surface area (Å²) in [5, 5.41) is 0. The quantitative estimate of drug-likeness (QED) is 0.404. The molecule has 2 nitrogen and oxygen atoms in total. The fraction of sp³-hybridized carbons (Fsp3) is 0.828. The smallest absolute Gasteiger partial charge is 0.302 e. The minimum atomic E-state index is -0.130. The Balaban J connectivity index is 1.51. The summed E-state index contributed by atoms with van der Waals surface area (Å²) in [5.41, 5.74) is 4.10. The maximum Gasteiger partial charge on any atom is 0.302 e. The maximum atomic E-state index is 11.5. The molecule has 0 aromatic carbocycles. The summed E-state index contributed by atoms with van der Waals surface area (Å²) in [4.78, 5) is 11.5. The van der Waals surface area contributed by atoms with Crippen molar-refractivity contribution in [3.8, 4) is 0 Å². The summed E-state index contributed by atoms with van der Waals surface area (Å²) in [6.45, 7) is 14.0. The largest absolute Gasteiger partial charge is 0.462 e. The third kappa shape index (κ3) is 4.18. The summed E-state index contributed by atoms with van der Waals surface area (Å²) in [6.07, 6.45) is 17.9. The minimum Gasteiger partial charge on any atom is -0.462 e. The zero-order valence-corrected chi connectivity index (χ0v) is 21.0. The van der Waals surface area contributed by atoms with Gasteiger partial charge in [-0.3, -0.25) is 4.79 Å². The highest BCUT2D eigenvalue weighted by molar-refractivity contribution is 5.66. The van der Waals surface area contributed by atoms with Gasteiger partial charge in [-0.1, -0.05) is 77.2 Å². The first-order valence-corrected chi connectivity index (χ1v) is 13.2. The molecule has 174 valence electrons. The van der Waals surface area contributed by atoms with E-state index >= 15 is 0 Å². The van der Waals surface area contributed by atoms with Crippen LogP contribution < -0.4 is 0 Å². The molecule has 0 aromatic rings. The van der Waals surface area contributed by atoms with Crippen LogP contribution in [0.25, 0.3) is 0 Å². The zero-order chi connectivity index (χ0) is 22.4. The SMILES string of the molecule is CC(=O)O[C@@H]1CC[C@]2(C)C(=CC=C3[C@H]4CC[C@H]([C@H](C)CCCC(C)C)[C@]4(C)CC[C@@H]32)C1. The Kier molecular flexibility index (Phi) is 6.50. The van der Waals surface area contributed by atoms with Gasteiger partial charge in [0.2, 0.25) is 0 Å². The van der Waals surface area contributed by atoms with Gasteiger partial charge in [-0.25, -0.2) is 0 Å². The van der Waals surface area contributed by atoms with Crippen LogP contribution >= 0.6 is 0 Å². The van der Waals surface area contributed by atoms with Crippen molar-refractivity contribution >= 4 is 5.97 Å². The monoisotopic (exact) mass is 426 g/mol. The van der Waals surface area contributed by atoms with Crippen LogP contribution in [0.5, 0.6) is 0 Å². The van der Waals surface area contributed by atoms with Gasteiger partial charge in [0, 0.05) is 13.3 Å². The Labute approximate surface area is 191 Å². The number of esters is 1. The lowest BCUT2D eigenvalue weighted by molar-refractivity contribution is -0.148. The van der Waals surface area contributed by atoms with Gasteiger partial charge in [0.15, 0.2) is 0 Å². The number of ether oxygens (including phenoxy) is 1. The molecule has 0 heterocycles. The van der Waals surface area contributed by atoms with Gasteiger partial charge in [-0.15, -0.1) is 0 Å². The number of rotatable bonds is 6. The van der Waals surface area contributed by atoms with Crippen molar-refractivity contribution in [1.29, 1.82) is 0 Å². The van der Waals surface area contributed by atoms with Crippen LogP contribution in [-0.4, -0.2) is 12.1 Å². The molecular formula is C29H46O2. The molecule has 0 unspecified atom stereocenters. The molecule has 31 heavy (non-hydrogen) atoms. The van der Waals surface area contributed by atoms with E-state index in [2.05, 4.69) is 46.8 Å². The number of fused-ring (bicyclic) bond motifs is 5. The van der Waals surface area contributed by atoms with Crippen LogP contribution in [0, 0.1) is 40.4 Å². The lowest BCUT2D eigenvalue weighted by Gasteiger charge is -2.55. The number of hydrogen-bond acceptors (Lipinski definition) is 2. The first-order chi connectivity index (χ1) is 14.6. The Bertz CT molecular complexity index is 746. The average Bonchev–Trinajstić information content (AvgIpc) is 3.05. The number of hydrogen-bond donors (Lipinski definition) is 0. The topological polar surface area (TPSA) is 26.3 Å². The van der Waals surface area contributed by atoms with E-state index in [0.717, 1.165) is 42.9 Å². The van der Waals surface area contributed by atoms with Crippen molar-refractivity contribution in [3.63, 3.8) is 0 Å². The van der Waals surface area contributed by atoms with Gasteiger partial charge in [-0.2, -0.15) is 0 Å². The molecule has 0 aromatic heterocycles. The predicted octanol–water partition coefficient (Wildman–Crippen LogP) is 7.88. The molecule has 0 bridgehead atoms. The van der Waals surface area contributed by atoms with Gasteiger partial charge in [-0.05, 0) is 78.9 Å². The highest BCUT2D eigenvalue weighted by Gasteiger charge is 2.57. The zero-order valence-electron chi connectivity index (χ0n) is 21.0. The minimum absolute atomic E-state index is 0.0863. The molecule has 7 atom stereocenters. The average molecular weight is 427 g/mol. The fourth-order valence-corrected chi connectivity index (χ4v) is 8.33. The Morgan fingerprint density at radius 3 is 2.52 bits per heavy atom. The summed E-state index contributed by atoms with van der Waals surface area (Å²) < 4.78 is 5.59. The molecule has 3 saturated carbocycles. The lowest BCUT2D eigenvalue weighted by atomic mass is 9.50. The van der Waals surface area contributed by atoms with Crippen LogP contribution in [-0.2, 0) is 9.53 Å². The molecule has 4 aliphatic rings. The number of carbonyl (C=O) groups is 1. The van der Waals surface area contributed by atoms with Crippen molar-refractivity contribution < 1.29 is 9.53 Å². The van der Waals surface area contributed by atoms with Crippen molar-refractivity contribution in [2.75, 3.05) is 0 Å². The summed E-state index contributed by atoms with van der Waals surface area (Å²) in [5.74, 6) is 3.94. The summed E-state index contributed by atoms with van der Waals surface area (Å²) >= 11 is 0. The fourth-order valence-electron chi connectivity index (χ4n) is 8.33. The van der Waals surface area contributed by atoms with Crippen LogP contribution in [0.1, 0.15) is 106 Å². The standard InChI is InChI=1S/C29H46O2/c1-19(2)8-7-9-20(3)25-12-13-26-24-11-10-22-18-23(31-21(4)30)14-16-28(22,5)27(24)15-17-29(25,26)6/h10-11,19-20,23,25-27H,7-9,12-18H2,1-6H3/t20-,23-,25-,26-,27+,28-,29+/m1/s1. The summed E-state index contributed by atoms with van der Waals surface area (Å²) in [6, 6.07) is 0. The van der Waals surface area contributed by atoms with Crippen LogP contribution in [0.4, 0.5) is 0 Å². The molecule has 0 saturated heterocycles. The van der Waals surface area contributed by atoms with E-state index in [9.17, 15) is 4.79 Å². The predicted molar refractivity (Wildman–Crippen MR) is 129 cm³/mol. The van der Waals surface area contributed by atoms with Crippen LogP contribution in [0.2, 0.25) is 0 Å².